The number of anilines is 4. The molecule has 3 aromatic heterocycles. The van der Waals surface area contributed by atoms with Crippen LogP contribution in [0.15, 0.2) is 24.5 Å². The number of amides is 1. The highest BCUT2D eigenvalue weighted by molar-refractivity contribution is 7.09. The van der Waals surface area contributed by atoms with Gasteiger partial charge >= 0.3 is 6.18 Å². The highest BCUT2D eigenvalue weighted by Crippen LogP contribution is 2.38. The van der Waals surface area contributed by atoms with Crippen LogP contribution in [0.25, 0.3) is 11.5 Å². The highest BCUT2D eigenvalue weighted by Gasteiger charge is 2.34. The number of hydrogen-bond acceptors (Lipinski definition) is 8. The fourth-order valence-electron chi connectivity index (χ4n) is 3.50. The van der Waals surface area contributed by atoms with Crippen LogP contribution >= 0.6 is 11.5 Å². The first-order chi connectivity index (χ1) is 15.5. The molecule has 0 atom stereocenters. The van der Waals surface area contributed by atoms with Gasteiger partial charge < -0.3 is 15.5 Å². The van der Waals surface area contributed by atoms with Crippen molar-refractivity contribution in [3.8, 4) is 11.5 Å². The SMILES string of the molecule is CCC(=O)Nc1cc(C(F)(F)F)cnc1Nc1nc(-c2cc3c(cn2)N(C)C(C)(C)C3)ns1. The molecule has 3 aromatic rings. The van der Waals surface area contributed by atoms with E-state index < -0.39 is 17.6 Å². The van der Waals surface area contributed by atoms with Crippen LogP contribution in [0, 0.1) is 0 Å². The monoisotopic (exact) mass is 477 g/mol. The van der Waals surface area contributed by atoms with Crippen molar-refractivity contribution >= 4 is 39.8 Å². The van der Waals surface area contributed by atoms with Crippen LogP contribution in [-0.4, -0.2) is 37.8 Å². The van der Waals surface area contributed by atoms with Gasteiger partial charge in [0, 0.05) is 36.7 Å². The molecule has 33 heavy (non-hydrogen) atoms. The number of fused-ring (bicyclic) bond motifs is 1. The second-order valence-corrected chi connectivity index (χ2v) is 9.07. The third kappa shape index (κ3) is 4.61. The lowest BCUT2D eigenvalue weighted by Gasteiger charge is -2.29. The maximum Gasteiger partial charge on any atom is 0.417 e. The van der Waals surface area contributed by atoms with Crippen LogP contribution in [0.2, 0.25) is 0 Å². The van der Waals surface area contributed by atoms with E-state index in [1.54, 1.807) is 13.1 Å². The second-order valence-electron chi connectivity index (χ2n) is 8.31. The Morgan fingerprint density at radius 2 is 2.00 bits per heavy atom. The molecule has 12 heteroatoms. The largest absolute Gasteiger partial charge is 0.417 e. The Bertz CT molecular complexity index is 1210. The van der Waals surface area contributed by atoms with Gasteiger partial charge in [-0.1, -0.05) is 6.92 Å². The molecule has 0 unspecified atom stereocenters. The topological polar surface area (TPSA) is 95.9 Å². The first-order valence-corrected chi connectivity index (χ1v) is 11.0. The molecule has 0 bridgehead atoms. The molecule has 0 fully saturated rings. The van der Waals surface area contributed by atoms with Crippen LogP contribution in [-0.2, 0) is 17.4 Å². The Morgan fingerprint density at radius 3 is 2.70 bits per heavy atom. The maximum absolute atomic E-state index is 13.1. The van der Waals surface area contributed by atoms with Crippen molar-refractivity contribution in [1.29, 1.82) is 0 Å². The standard InChI is InChI=1S/C21H22F3N7OS/c1-5-16(32)27-14-7-12(21(22,23)24)9-26-17(14)28-19-29-18(30-33-19)13-6-11-8-20(2,3)31(4)15(11)10-25-13/h6-7,9-10H,5,8H2,1-4H3,(H,27,32)(H,26,28,29,30). The summed E-state index contributed by atoms with van der Waals surface area (Å²) >= 11 is 1.02. The Morgan fingerprint density at radius 1 is 1.24 bits per heavy atom. The fourth-order valence-corrected chi connectivity index (χ4v) is 4.08. The van der Waals surface area contributed by atoms with Gasteiger partial charge in [-0.3, -0.25) is 9.78 Å². The van der Waals surface area contributed by atoms with Gasteiger partial charge in [0.1, 0.15) is 5.69 Å². The molecule has 1 aliphatic rings. The minimum Gasteiger partial charge on any atom is -0.368 e. The number of alkyl halides is 3. The van der Waals surface area contributed by atoms with Gasteiger partial charge in [-0.05, 0) is 38.0 Å². The molecule has 0 spiro atoms. The van der Waals surface area contributed by atoms with Crippen molar-refractivity contribution < 1.29 is 18.0 Å². The average Bonchev–Trinajstić information content (AvgIpc) is 3.30. The molecular formula is C21H22F3N7OS. The van der Waals surface area contributed by atoms with E-state index >= 15 is 0 Å². The van der Waals surface area contributed by atoms with Gasteiger partial charge in [0.15, 0.2) is 11.6 Å². The van der Waals surface area contributed by atoms with Crippen molar-refractivity contribution in [1.82, 2.24) is 19.3 Å². The lowest BCUT2D eigenvalue weighted by molar-refractivity contribution is -0.137. The number of rotatable bonds is 5. The Hall–Kier alpha value is -3.28. The summed E-state index contributed by atoms with van der Waals surface area (Å²) in [6.07, 6.45) is -1.13. The number of nitrogens with one attached hydrogen (secondary N) is 2. The van der Waals surface area contributed by atoms with E-state index in [4.69, 9.17) is 0 Å². The quantitative estimate of drug-likeness (QED) is 0.541. The van der Waals surface area contributed by atoms with Crippen LogP contribution in [0.4, 0.5) is 35.5 Å². The number of aromatic nitrogens is 4. The van der Waals surface area contributed by atoms with E-state index in [-0.39, 0.29) is 23.5 Å². The third-order valence-corrected chi connectivity index (χ3v) is 6.18. The zero-order valence-electron chi connectivity index (χ0n) is 18.4. The van der Waals surface area contributed by atoms with E-state index in [9.17, 15) is 18.0 Å². The fraction of sp³-hybridized carbons (Fsp3) is 0.381. The number of pyridine rings is 2. The van der Waals surface area contributed by atoms with Crippen molar-refractivity contribution in [3.05, 3.63) is 35.7 Å². The Balaban J connectivity index is 1.60. The van der Waals surface area contributed by atoms with Crippen LogP contribution in [0.3, 0.4) is 0 Å². The molecular weight excluding hydrogens is 455 g/mol. The molecule has 0 saturated heterocycles. The summed E-state index contributed by atoms with van der Waals surface area (Å²) in [5.41, 5.74) is 1.73. The van der Waals surface area contributed by atoms with Gasteiger partial charge in [0.2, 0.25) is 11.0 Å². The van der Waals surface area contributed by atoms with E-state index in [1.807, 2.05) is 13.1 Å². The molecule has 0 aromatic carbocycles. The lowest BCUT2D eigenvalue weighted by Crippen LogP contribution is -2.37. The van der Waals surface area contributed by atoms with Gasteiger partial charge in [0.05, 0.1) is 23.1 Å². The van der Waals surface area contributed by atoms with Gasteiger partial charge in [-0.2, -0.15) is 22.5 Å². The number of likely N-dealkylation sites (N-methyl/N-ethyl adjacent to an activating group) is 1. The predicted octanol–water partition coefficient (Wildman–Crippen LogP) is 4.88. The molecule has 2 N–H and O–H groups in total. The zero-order valence-corrected chi connectivity index (χ0v) is 19.2. The molecule has 0 aliphatic carbocycles. The minimum absolute atomic E-state index is 0.0154. The molecule has 8 nitrogen and oxygen atoms in total. The van der Waals surface area contributed by atoms with Crippen LogP contribution in [0.1, 0.15) is 38.3 Å². The van der Waals surface area contributed by atoms with Gasteiger partial charge in [-0.15, -0.1) is 0 Å². The molecule has 1 amide bonds. The smallest absolute Gasteiger partial charge is 0.368 e. The summed E-state index contributed by atoms with van der Waals surface area (Å²) in [4.78, 5) is 26.7. The summed E-state index contributed by atoms with van der Waals surface area (Å²) < 4.78 is 43.6. The third-order valence-electron chi connectivity index (χ3n) is 5.55. The number of halogens is 3. The van der Waals surface area contributed by atoms with Gasteiger partial charge in [-0.25, -0.2) is 4.98 Å². The Labute approximate surface area is 192 Å². The summed E-state index contributed by atoms with van der Waals surface area (Å²) in [5, 5.41) is 5.62. The predicted molar refractivity (Wildman–Crippen MR) is 121 cm³/mol. The number of carbonyl (C=O) groups excluding carboxylic acids is 1. The normalized spacial score (nSPS) is 14.8. The van der Waals surface area contributed by atoms with E-state index in [2.05, 4.69) is 48.7 Å². The summed E-state index contributed by atoms with van der Waals surface area (Å²) in [6, 6.07) is 2.79. The van der Waals surface area contributed by atoms with E-state index in [0.29, 0.717) is 22.8 Å². The first-order valence-electron chi connectivity index (χ1n) is 10.2. The molecule has 4 heterocycles. The highest BCUT2D eigenvalue weighted by atomic mass is 32.1. The minimum atomic E-state index is -4.59. The van der Waals surface area contributed by atoms with E-state index in [1.165, 1.54) is 0 Å². The molecule has 174 valence electrons. The molecule has 1 aliphatic heterocycles. The summed E-state index contributed by atoms with van der Waals surface area (Å²) in [6.45, 7) is 5.91. The van der Waals surface area contributed by atoms with Crippen LogP contribution < -0.4 is 15.5 Å². The van der Waals surface area contributed by atoms with Crippen molar-refractivity contribution in [3.63, 3.8) is 0 Å². The maximum atomic E-state index is 13.1. The summed E-state index contributed by atoms with van der Waals surface area (Å²) in [5.74, 6) is -0.00568. The molecule has 0 saturated carbocycles. The van der Waals surface area contributed by atoms with Crippen molar-refractivity contribution in [2.75, 3.05) is 22.6 Å². The summed E-state index contributed by atoms with van der Waals surface area (Å²) in [7, 11) is 2.03. The number of nitrogens with zero attached hydrogens (tertiary/aromatic N) is 5. The molecule has 4 rings (SSSR count). The van der Waals surface area contributed by atoms with Gasteiger partial charge in [0.25, 0.3) is 0 Å². The van der Waals surface area contributed by atoms with Crippen molar-refractivity contribution in [2.24, 2.45) is 0 Å². The Kier molecular flexibility index (Phi) is 5.72. The number of carbonyl (C=O) groups is 1. The molecule has 0 radical (unpaired) electrons. The lowest BCUT2D eigenvalue weighted by atomic mass is 10.00. The number of hydrogen-bond donors (Lipinski definition) is 2. The van der Waals surface area contributed by atoms with E-state index in [0.717, 1.165) is 35.3 Å². The van der Waals surface area contributed by atoms with Crippen LogP contribution in [0.5, 0.6) is 0 Å². The zero-order chi connectivity index (χ0) is 24.0. The second kappa shape index (κ2) is 8.25. The van der Waals surface area contributed by atoms with Crippen molar-refractivity contribution in [2.45, 2.75) is 45.3 Å². The average molecular weight is 478 g/mol. The first kappa shape index (κ1) is 22.9.